The fourth-order valence-corrected chi connectivity index (χ4v) is 11.3. The van der Waals surface area contributed by atoms with Crippen LogP contribution in [0.15, 0.2) is 0 Å². The molecule has 0 spiro atoms. The molecule has 4 rings (SSSR count). The van der Waals surface area contributed by atoms with E-state index in [0.717, 1.165) is 57.8 Å². The molecule has 1 unspecified atom stereocenters. The van der Waals surface area contributed by atoms with Crippen LogP contribution in [-0.4, -0.2) is 68.0 Å². The van der Waals surface area contributed by atoms with E-state index in [0.29, 0.717) is 48.7 Å². The lowest BCUT2D eigenvalue weighted by molar-refractivity contribution is -0.164. The maximum Gasteiger partial charge on any atom is 0.511 e. The van der Waals surface area contributed by atoms with Crippen LogP contribution in [0.2, 0.25) is 0 Å². The molecular weight excluding hydrogens is 1040 g/mol. The Morgan fingerprint density at radius 1 is 0.506 bits per heavy atom. The number of fused-ring (bicyclic) bond motifs is 5. The highest BCUT2D eigenvalue weighted by molar-refractivity contribution is 5.89. The van der Waals surface area contributed by atoms with Gasteiger partial charge < -0.3 is 28.4 Å². The molecule has 416 valence electrons. The first kappa shape index (κ1) is 65.3. The first-order valence-corrected chi connectivity index (χ1v) is 27.1. The van der Waals surface area contributed by atoms with E-state index in [1.807, 2.05) is 6.92 Å². The van der Waals surface area contributed by atoms with Gasteiger partial charge in [0.25, 0.3) is 0 Å². The summed E-state index contributed by atoms with van der Waals surface area (Å²) in [6, 6.07) is 0. The number of hydrogen-bond donors (Lipinski definition) is 0. The lowest BCUT2D eigenvalue weighted by Crippen LogP contribution is -2.54. The molecule has 0 heterocycles. The van der Waals surface area contributed by atoms with Gasteiger partial charge in [-0.25, -0.2) is 14.4 Å². The fourth-order valence-electron chi connectivity index (χ4n) is 11.3. The summed E-state index contributed by atoms with van der Waals surface area (Å²) in [6.45, 7) is 10.1. The van der Waals surface area contributed by atoms with Crippen molar-refractivity contribution in [1.82, 2.24) is 0 Å². The van der Waals surface area contributed by atoms with Gasteiger partial charge in [0.15, 0.2) is 6.10 Å². The Labute approximate surface area is 490 Å². The van der Waals surface area contributed by atoms with Gasteiger partial charge in [-0.3, -0.25) is 14.4 Å². The molecule has 0 radical (unpaired) electrons. The summed E-state index contributed by atoms with van der Waals surface area (Å²) in [5.74, 6) is 77.6. The molecule has 12 nitrogen and oxygen atoms in total. The van der Waals surface area contributed by atoms with Crippen LogP contribution in [0.5, 0.6) is 0 Å². The van der Waals surface area contributed by atoms with Crippen LogP contribution < -0.4 is 0 Å². The normalized spacial score (nSPS) is 21.0. The maximum atomic E-state index is 13.0. The first-order valence-electron chi connectivity index (χ1n) is 27.1. The highest BCUT2D eigenvalue weighted by atomic mass is 16.8. The second kappa shape index (κ2) is 36.9. The van der Waals surface area contributed by atoms with Crippen molar-refractivity contribution in [2.24, 2.45) is 46.3 Å². The van der Waals surface area contributed by atoms with E-state index < -0.39 is 56.1 Å². The number of carbonyl (C=O) groups excluding carboxylic acids is 6. The average molecular weight is 1110 g/mol. The lowest BCUT2D eigenvalue weighted by Gasteiger charge is -2.61. The Kier molecular flexibility index (Phi) is 29.0. The number of unbranched alkanes of at least 4 members (excludes halogenated alkanes) is 1. The third-order valence-corrected chi connectivity index (χ3v) is 14.9. The molecule has 0 bridgehead atoms. The number of carbonyl (C=O) groups is 6. The molecule has 4 saturated carbocycles. The van der Waals surface area contributed by atoms with E-state index in [1.165, 1.54) is 0 Å². The third kappa shape index (κ3) is 24.0. The maximum absolute atomic E-state index is 13.0. The predicted molar refractivity (Wildman–Crippen MR) is 308 cm³/mol. The van der Waals surface area contributed by atoms with Crippen molar-refractivity contribution in [1.29, 1.82) is 0 Å². The van der Waals surface area contributed by atoms with Crippen molar-refractivity contribution >= 4 is 35.8 Å². The highest BCUT2D eigenvalue weighted by Gasteiger charge is 2.61. The predicted octanol–water partition coefficient (Wildman–Crippen LogP) is 6.94. The van der Waals surface area contributed by atoms with Crippen molar-refractivity contribution in [3.05, 3.63) is 0 Å². The highest BCUT2D eigenvalue weighted by Crippen LogP contribution is 2.67. The van der Waals surface area contributed by atoms with Gasteiger partial charge in [-0.15, -0.1) is 0 Å². The van der Waals surface area contributed by atoms with Gasteiger partial charge in [0, 0.05) is 30.6 Å². The van der Waals surface area contributed by atoms with Crippen molar-refractivity contribution in [2.75, 3.05) is 20.0 Å². The van der Waals surface area contributed by atoms with Crippen LogP contribution in [0.4, 0.5) is 4.79 Å². The Hall–Kier alpha value is -10.2. The minimum atomic E-state index is -1.24. The smallest absolute Gasteiger partial charge is 0.455 e. The summed E-state index contributed by atoms with van der Waals surface area (Å²) in [5.41, 5.74) is 0.293. The summed E-state index contributed by atoms with van der Waals surface area (Å²) in [6.07, 6.45) is 8.34. The molecule has 12 heteroatoms. The quantitative estimate of drug-likeness (QED) is 0.0393. The van der Waals surface area contributed by atoms with E-state index in [9.17, 15) is 28.8 Å². The molecule has 83 heavy (non-hydrogen) atoms. The second-order valence-electron chi connectivity index (χ2n) is 20.1. The van der Waals surface area contributed by atoms with E-state index in [4.69, 9.17) is 28.4 Å². The Morgan fingerprint density at radius 2 is 0.976 bits per heavy atom. The zero-order chi connectivity index (χ0) is 60.0. The zero-order valence-corrected chi connectivity index (χ0v) is 47.5. The number of esters is 4. The molecule has 4 aliphatic carbocycles. The summed E-state index contributed by atoms with van der Waals surface area (Å²) >= 11 is 0. The van der Waals surface area contributed by atoms with Gasteiger partial charge in [0.05, 0.1) is 0 Å². The Morgan fingerprint density at radius 3 is 1.47 bits per heavy atom. The molecule has 0 aromatic rings. The molecule has 4 fully saturated rings. The zero-order valence-electron chi connectivity index (χ0n) is 47.5. The number of hydrogen-bond acceptors (Lipinski definition) is 12. The average Bonchev–Trinajstić information content (AvgIpc) is 3.93. The summed E-state index contributed by atoms with van der Waals surface area (Å²) in [4.78, 5) is 75.5. The molecule has 0 saturated heterocycles. The van der Waals surface area contributed by atoms with Crippen molar-refractivity contribution in [2.45, 2.75) is 144 Å². The van der Waals surface area contributed by atoms with Crippen LogP contribution in [0.1, 0.15) is 131 Å². The van der Waals surface area contributed by atoms with E-state index in [1.54, 1.807) is 20.8 Å². The third-order valence-electron chi connectivity index (χ3n) is 14.9. The van der Waals surface area contributed by atoms with Gasteiger partial charge >= 0.3 is 30.0 Å². The van der Waals surface area contributed by atoms with E-state index in [2.05, 4.69) is 203 Å². The van der Waals surface area contributed by atoms with Gasteiger partial charge in [0.2, 0.25) is 6.79 Å². The van der Waals surface area contributed by atoms with Crippen LogP contribution in [0.3, 0.4) is 0 Å². The number of Topliss-reactive ketones (excluding diaryl/α,β-unsaturated/α-hetero) is 1. The van der Waals surface area contributed by atoms with Crippen molar-refractivity contribution < 1.29 is 57.2 Å². The van der Waals surface area contributed by atoms with Crippen LogP contribution in [0, 0.1) is 236 Å². The fraction of sp³-hybridized carbons (Fsp3) is 0.465. The van der Waals surface area contributed by atoms with Gasteiger partial charge in [0.1, 0.15) is 25.1 Å². The SMILES string of the molecule is CC#CC#CC#CC#CC#CC#CC#CC#CC(=O)OCC(COC(=O)C#CC#CC#CC#CC#CC#CC#CC#CC)OC(=O)CC(C)CCCCC(=O)OCOC(=O)O[C@@H]1CC[C@@]2(C)[C@@H](CC[C@@H]3[C@@H]2CC[C@]2(C)[C@@H](C(C)=O)CC[C@@H]32)C1. The molecule has 0 aliphatic heterocycles. The lowest BCUT2D eigenvalue weighted by atomic mass is 9.44. The number of rotatable bonds is 16. The van der Waals surface area contributed by atoms with Gasteiger partial charge in [-0.05, 0) is 291 Å². The molecule has 0 aromatic heterocycles. The number of ether oxygens (including phenoxy) is 6. The first-order chi connectivity index (χ1) is 40.2. The second-order valence-corrected chi connectivity index (χ2v) is 20.1. The van der Waals surface area contributed by atoms with Crippen molar-refractivity contribution in [3.8, 4) is 189 Å². The number of ketones is 1. The molecule has 0 aromatic carbocycles. The van der Waals surface area contributed by atoms with E-state index >= 15 is 0 Å². The van der Waals surface area contributed by atoms with Gasteiger partial charge in [-0.1, -0.05) is 45.5 Å². The van der Waals surface area contributed by atoms with Crippen LogP contribution in [-0.2, 0) is 52.4 Å². The van der Waals surface area contributed by atoms with E-state index in [-0.39, 0.29) is 41.6 Å². The molecule has 9 atom stereocenters. The Bertz CT molecular complexity index is 3410. The minimum Gasteiger partial charge on any atom is -0.455 e. The van der Waals surface area contributed by atoms with Crippen LogP contribution >= 0.6 is 0 Å². The standard InChI is InChI=1S/C71H60O12/c1-7-9-11-13-15-17-19-21-23-25-27-29-31-33-35-40-65(73)78-53-60(54-79-66(74)41-36-34-32-30-28-26-24-22-20-18-16-14-12-10-8-2)82-68(76)51-56(3)39-37-38-42-67(75)80-55-81-69(77)83-59-47-49-70(5)58(52-59)43-44-61-63-46-45-62(57(4)72)71(63,6)50-48-64(61)70/h56,58-64H,37-39,42-55H2,1-6H3/t56?,58-,59+,61-,62+,63-,64-,70-,71+/m0/s1. The summed E-state index contributed by atoms with van der Waals surface area (Å²) < 4.78 is 31.8. The monoisotopic (exact) mass is 1100 g/mol. The van der Waals surface area contributed by atoms with Crippen LogP contribution in [0.25, 0.3) is 0 Å². The largest absolute Gasteiger partial charge is 0.511 e. The molecule has 4 aliphatic rings. The molecular formula is C71H60O12. The van der Waals surface area contributed by atoms with Crippen molar-refractivity contribution in [3.63, 3.8) is 0 Å². The molecule has 0 N–H and O–H groups in total. The Balaban J connectivity index is 1.18. The topological polar surface area (TPSA) is 158 Å². The summed E-state index contributed by atoms with van der Waals surface area (Å²) in [7, 11) is 0. The molecule has 0 amide bonds. The van der Waals surface area contributed by atoms with Gasteiger partial charge in [-0.2, -0.15) is 0 Å². The minimum absolute atomic E-state index is 0.0545. The summed E-state index contributed by atoms with van der Waals surface area (Å²) in [5, 5.41) is 0.